The topological polar surface area (TPSA) is 76.6 Å². The largest absolute Gasteiger partial charge is 0.351 e. The summed E-state index contributed by atoms with van der Waals surface area (Å²) in [5.41, 5.74) is 6.04. The van der Waals surface area contributed by atoms with E-state index in [1.165, 1.54) is 0 Å². The Morgan fingerprint density at radius 1 is 1.39 bits per heavy atom. The zero-order chi connectivity index (χ0) is 13.7. The average molecular weight is 315 g/mol. The number of primary amides is 1. The van der Waals surface area contributed by atoms with E-state index in [9.17, 15) is 9.59 Å². The molecule has 6 heteroatoms. The van der Waals surface area contributed by atoms with E-state index in [0.717, 1.165) is 14.9 Å². The number of nitrogens with one attached hydrogen (secondary N) is 2. The molecule has 0 saturated heterocycles. The second kappa shape index (κ2) is 6.51. The Labute approximate surface area is 114 Å². The molecule has 1 rings (SSSR count). The fraction of sp³-hybridized carbons (Fsp3) is 0.333. The molecule has 18 heavy (non-hydrogen) atoms. The molecule has 1 aromatic carbocycles. The lowest BCUT2D eigenvalue weighted by atomic mass is 10.2. The molecule has 98 valence electrons. The fourth-order valence-electron chi connectivity index (χ4n) is 1.53. The summed E-state index contributed by atoms with van der Waals surface area (Å²) in [6.07, 6.45) is 0. The van der Waals surface area contributed by atoms with Gasteiger partial charge in [0.1, 0.15) is 6.54 Å². The molecule has 0 aliphatic rings. The highest BCUT2D eigenvalue weighted by Crippen LogP contribution is 2.09. The third-order valence-corrected chi connectivity index (χ3v) is 3.30. The third kappa shape index (κ3) is 4.46. The molecule has 0 bridgehead atoms. The van der Waals surface area contributed by atoms with Gasteiger partial charge in [0.15, 0.2) is 6.04 Å². The quantitative estimate of drug-likeness (QED) is 0.734. The first kappa shape index (κ1) is 14.7. The number of urea groups is 1. The first-order valence-corrected chi connectivity index (χ1v) is 6.36. The highest BCUT2D eigenvalue weighted by molar-refractivity contribution is 9.10. The summed E-state index contributed by atoms with van der Waals surface area (Å²) in [6, 6.07) is 6.73. The van der Waals surface area contributed by atoms with Crippen molar-refractivity contribution in [3.05, 3.63) is 34.3 Å². The van der Waals surface area contributed by atoms with Crippen LogP contribution >= 0.6 is 15.9 Å². The molecule has 0 heterocycles. The monoisotopic (exact) mass is 314 g/mol. The number of nitrogens with two attached hydrogens (primary N) is 1. The van der Waals surface area contributed by atoms with E-state index >= 15 is 0 Å². The Bertz CT molecular complexity index is 433. The molecule has 1 unspecified atom stereocenters. The van der Waals surface area contributed by atoms with Crippen molar-refractivity contribution in [2.75, 3.05) is 7.05 Å². The number of hydrogen-bond donors (Lipinski definition) is 3. The summed E-state index contributed by atoms with van der Waals surface area (Å²) in [6.45, 7) is 2.45. The average Bonchev–Trinajstić information content (AvgIpc) is 2.30. The van der Waals surface area contributed by atoms with Gasteiger partial charge in [0.05, 0.1) is 7.05 Å². The molecule has 3 amide bonds. The number of quaternary nitrogens is 1. The van der Waals surface area contributed by atoms with E-state index in [-0.39, 0.29) is 11.9 Å². The number of hydrogen-bond acceptors (Lipinski definition) is 2. The molecule has 5 nitrogen and oxygen atoms in total. The SMILES string of the molecule is C[C@H](C(=O)NC(N)=O)[NH+](C)Cc1ccc(Br)cc1. The standard InChI is InChI=1S/C12H16BrN3O2/c1-8(11(17)15-12(14)18)16(2)7-9-3-5-10(13)6-4-9/h3-6,8H,7H2,1-2H3,(H3,14,15,17,18)/p+1/t8-/m1/s1. The third-order valence-electron chi connectivity index (χ3n) is 2.78. The molecule has 0 radical (unpaired) electrons. The van der Waals surface area contributed by atoms with Gasteiger partial charge < -0.3 is 10.6 Å². The van der Waals surface area contributed by atoms with Crippen LogP contribution in [0.5, 0.6) is 0 Å². The summed E-state index contributed by atoms with van der Waals surface area (Å²) in [5.74, 6) is -0.364. The van der Waals surface area contributed by atoms with Gasteiger partial charge in [-0.1, -0.05) is 28.1 Å². The summed E-state index contributed by atoms with van der Waals surface area (Å²) in [4.78, 5) is 23.2. The number of amides is 3. The predicted molar refractivity (Wildman–Crippen MR) is 71.9 cm³/mol. The molecule has 0 aromatic heterocycles. The molecule has 0 aliphatic heterocycles. The van der Waals surface area contributed by atoms with Crippen molar-refractivity contribution in [3.8, 4) is 0 Å². The second-order valence-electron chi connectivity index (χ2n) is 4.22. The minimum atomic E-state index is -0.816. The molecule has 4 N–H and O–H groups in total. The zero-order valence-electron chi connectivity index (χ0n) is 10.4. The van der Waals surface area contributed by atoms with Gasteiger partial charge in [0, 0.05) is 10.0 Å². The second-order valence-corrected chi connectivity index (χ2v) is 5.14. The van der Waals surface area contributed by atoms with Crippen molar-refractivity contribution in [1.29, 1.82) is 0 Å². The zero-order valence-corrected chi connectivity index (χ0v) is 12.0. The van der Waals surface area contributed by atoms with Crippen LogP contribution in [0, 0.1) is 0 Å². The van der Waals surface area contributed by atoms with Gasteiger partial charge in [-0.3, -0.25) is 10.1 Å². The maximum atomic E-state index is 11.6. The number of imide groups is 1. The van der Waals surface area contributed by atoms with Gasteiger partial charge in [-0.05, 0) is 19.1 Å². The van der Waals surface area contributed by atoms with Gasteiger partial charge in [-0.25, -0.2) is 4.79 Å². The minimum Gasteiger partial charge on any atom is -0.351 e. The molecule has 0 aliphatic carbocycles. The maximum absolute atomic E-state index is 11.6. The molecular weight excluding hydrogens is 298 g/mol. The summed E-state index contributed by atoms with van der Waals surface area (Å²) >= 11 is 3.37. The van der Waals surface area contributed by atoms with Crippen LogP contribution in [0.3, 0.4) is 0 Å². The van der Waals surface area contributed by atoms with Crippen LogP contribution in [0.2, 0.25) is 0 Å². The Hall–Kier alpha value is -1.40. The van der Waals surface area contributed by atoms with Crippen molar-refractivity contribution < 1.29 is 14.5 Å². The smallest absolute Gasteiger partial charge is 0.319 e. The van der Waals surface area contributed by atoms with E-state index in [1.807, 2.05) is 31.3 Å². The van der Waals surface area contributed by atoms with E-state index in [0.29, 0.717) is 6.54 Å². The van der Waals surface area contributed by atoms with Crippen molar-refractivity contribution in [1.82, 2.24) is 5.32 Å². The lowest BCUT2D eigenvalue weighted by molar-refractivity contribution is -0.908. The predicted octanol–water partition coefficient (Wildman–Crippen LogP) is 0.0472. The Balaban J connectivity index is 2.59. The molecule has 2 atom stereocenters. The van der Waals surface area contributed by atoms with Crippen LogP contribution in [0.4, 0.5) is 4.79 Å². The minimum absolute atomic E-state index is 0.346. The molecular formula is C12H17BrN3O2+. The van der Waals surface area contributed by atoms with Crippen molar-refractivity contribution in [3.63, 3.8) is 0 Å². The number of likely N-dealkylation sites (N-methyl/N-ethyl adjacent to an activating group) is 1. The highest BCUT2D eigenvalue weighted by atomic mass is 79.9. The van der Waals surface area contributed by atoms with Crippen LogP contribution in [0.1, 0.15) is 12.5 Å². The van der Waals surface area contributed by atoms with E-state index < -0.39 is 6.03 Å². The molecule has 0 spiro atoms. The highest BCUT2D eigenvalue weighted by Gasteiger charge is 2.22. The molecule has 1 aromatic rings. The number of carbonyl (C=O) groups excluding carboxylic acids is 2. The van der Waals surface area contributed by atoms with E-state index in [4.69, 9.17) is 5.73 Å². The lowest BCUT2D eigenvalue weighted by Crippen LogP contribution is -3.12. The Morgan fingerprint density at radius 3 is 2.44 bits per heavy atom. The summed E-state index contributed by atoms with van der Waals surface area (Å²) in [5, 5.41) is 2.09. The van der Waals surface area contributed by atoms with Crippen LogP contribution in [-0.4, -0.2) is 25.0 Å². The molecule has 0 fully saturated rings. The Morgan fingerprint density at radius 2 is 1.94 bits per heavy atom. The summed E-state index contributed by atoms with van der Waals surface area (Å²) < 4.78 is 1.02. The van der Waals surface area contributed by atoms with Gasteiger partial charge >= 0.3 is 6.03 Å². The van der Waals surface area contributed by atoms with Gasteiger partial charge in [0.2, 0.25) is 0 Å². The molecule has 0 saturated carbocycles. The van der Waals surface area contributed by atoms with E-state index in [1.54, 1.807) is 6.92 Å². The lowest BCUT2D eigenvalue weighted by Gasteiger charge is -2.20. The van der Waals surface area contributed by atoms with Crippen LogP contribution in [0.25, 0.3) is 0 Å². The van der Waals surface area contributed by atoms with Crippen molar-refractivity contribution in [2.45, 2.75) is 19.5 Å². The van der Waals surface area contributed by atoms with Crippen LogP contribution in [0.15, 0.2) is 28.7 Å². The number of benzene rings is 1. The first-order valence-electron chi connectivity index (χ1n) is 5.57. The van der Waals surface area contributed by atoms with E-state index in [2.05, 4.69) is 21.2 Å². The van der Waals surface area contributed by atoms with Gasteiger partial charge in [-0.2, -0.15) is 0 Å². The maximum Gasteiger partial charge on any atom is 0.319 e. The van der Waals surface area contributed by atoms with Crippen molar-refractivity contribution >= 4 is 27.9 Å². The number of carbonyl (C=O) groups is 2. The van der Waals surface area contributed by atoms with Crippen LogP contribution in [-0.2, 0) is 11.3 Å². The van der Waals surface area contributed by atoms with Gasteiger partial charge in [-0.15, -0.1) is 0 Å². The first-order chi connectivity index (χ1) is 8.40. The van der Waals surface area contributed by atoms with Crippen LogP contribution < -0.4 is 16.0 Å². The normalized spacial score (nSPS) is 13.7. The number of rotatable bonds is 4. The Kier molecular flexibility index (Phi) is 5.30. The van der Waals surface area contributed by atoms with Gasteiger partial charge in [0.25, 0.3) is 5.91 Å². The number of halogens is 1. The fourth-order valence-corrected chi connectivity index (χ4v) is 1.80. The van der Waals surface area contributed by atoms with Crippen molar-refractivity contribution in [2.24, 2.45) is 5.73 Å². The summed E-state index contributed by atoms with van der Waals surface area (Å²) in [7, 11) is 1.90.